The van der Waals surface area contributed by atoms with E-state index >= 15 is 0 Å². The summed E-state index contributed by atoms with van der Waals surface area (Å²) in [6.45, 7) is 2.01. The fourth-order valence-corrected chi connectivity index (χ4v) is 3.28. The molecule has 0 saturated heterocycles. The van der Waals surface area contributed by atoms with Gasteiger partial charge in [-0.15, -0.1) is 0 Å². The maximum atomic E-state index is 12.8. The van der Waals surface area contributed by atoms with E-state index in [1.54, 1.807) is 24.3 Å². The minimum atomic E-state index is -4.13. The van der Waals surface area contributed by atoms with Crippen LogP contribution in [0.3, 0.4) is 0 Å². The van der Waals surface area contributed by atoms with Gasteiger partial charge in [0.1, 0.15) is 0 Å². The maximum Gasteiger partial charge on any atom is 0.391 e. The van der Waals surface area contributed by atoms with E-state index in [2.05, 4.69) is 5.32 Å². The van der Waals surface area contributed by atoms with E-state index in [0.717, 1.165) is 5.56 Å². The molecule has 0 unspecified atom stereocenters. The summed E-state index contributed by atoms with van der Waals surface area (Å²) in [6.07, 6.45) is -3.11. The summed E-state index contributed by atoms with van der Waals surface area (Å²) in [5.74, 6) is -2.57. The van der Waals surface area contributed by atoms with Crippen LogP contribution in [0.2, 0.25) is 0 Å². The molecule has 1 aromatic carbocycles. The van der Waals surface area contributed by atoms with Gasteiger partial charge >= 0.3 is 12.1 Å². The monoisotopic (exact) mass is 357 g/mol. The van der Waals surface area contributed by atoms with Crippen molar-refractivity contribution in [3.05, 3.63) is 35.4 Å². The molecule has 7 heteroatoms. The number of carboxylic acids is 1. The highest BCUT2D eigenvalue weighted by molar-refractivity contribution is 5.94. The molecule has 0 bridgehead atoms. The minimum Gasteiger partial charge on any atom is -0.481 e. The van der Waals surface area contributed by atoms with Crippen molar-refractivity contribution >= 4 is 11.9 Å². The molecule has 0 heterocycles. The van der Waals surface area contributed by atoms with Crippen molar-refractivity contribution in [3.63, 3.8) is 0 Å². The molecule has 2 N–H and O–H groups in total. The van der Waals surface area contributed by atoms with Crippen LogP contribution < -0.4 is 5.32 Å². The first-order valence-electron chi connectivity index (χ1n) is 8.29. The van der Waals surface area contributed by atoms with Gasteiger partial charge in [0.05, 0.1) is 12.3 Å². The zero-order valence-corrected chi connectivity index (χ0v) is 14.0. The number of carbonyl (C=O) groups excluding carboxylic acids is 1. The lowest BCUT2D eigenvalue weighted by atomic mass is 9.68. The van der Waals surface area contributed by atoms with E-state index in [1.165, 1.54) is 0 Å². The van der Waals surface area contributed by atoms with Gasteiger partial charge in [0.2, 0.25) is 0 Å². The maximum absolute atomic E-state index is 12.8. The first kappa shape index (κ1) is 19.3. The highest BCUT2D eigenvalue weighted by atomic mass is 19.4. The highest BCUT2D eigenvalue weighted by Crippen LogP contribution is 2.46. The third kappa shape index (κ3) is 4.96. The van der Waals surface area contributed by atoms with E-state index in [4.69, 9.17) is 5.11 Å². The molecule has 0 atom stereocenters. The van der Waals surface area contributed by atoms with E-state index in [0.29, 0.717) is 18.4 Å². The number of hydrogen-bond donors (Lipinski definition) is 2. The summed E-state index contributed by atoms with van der Waals surface area (Å²) in [5.41, 5.74) is 1.01. The number of halogens is 3. The Balaban J connectivity index is 1.97. The second kappa shape index (κ2) is 7.45. The fraction of sp³-hybridized carbons (Fsp3) is 0.556. The number of amides is 1. The molecule has 0 radical (unpaired) electrons. The second-order valence-corrected chi connectivity index (χ2v) is 6.85. The fourth-order valence-electron chi connectivity index (χ4n) is 3.28. The molecule has 1 aromatic rings. The normalized spacial score (nSPS) is 23.9. The first-order chi connectivity index (χ1) is 11.6. The Hall–Kier alpha value is -2.05. The lowest BCUT2D eigenvalue weighted by Crippen LogP contribution is -2.34. The number of aliphatic carboxylic acids is 1. The van der Waals surface area contributed by atoms with Gasteiger partial charge in [0.25, 0.3) is 5.91 Å². The quantitative estimate of drug-likeness (QED) is 0.840. The molecule has 1 amide bonds. The molecule has 4 nitrogen and oxygen atoms in total. The van der Waals surface area contributed by atoms with Gasteiger partial charge in [-0.1, -0.05) is 19.1 Å². The van der Waals surface area contributed by atoms with Crippen molar-refractivity contribution in [2.24, 2.45) is 5.92 Å². The molecule has 138 valence electrons. The van der Waals surface area contributed by atoms with Gasteiger partial charge in [-0.05, 0) is 48.8 Å². The number of rotatable bonds is 5. The van der Waals surface area contributed by atoms with Crippen LogP contribution >= 0.6 is 0 Å². The smallest absolute Gasteiger partial charge is 0.391 e. The van der Waals surface area contributed by atoms with Crippen LogP contribution in [-0.4, -0.2) is 29.7 Å². The predicted molar refractivity (Wildman–Crippen MR) is 86.4 cm³/mol. The summed E-state index contributed by atoms with van der Waals surface area (Å²) < 4.78 is 38.4. The summed E-state index contributed by atoms with van der Waals surface area (Å²) in [7, 11) is 0. The average Bonchev–Trinajstić information content (AvgIpc) is 2.54. The van der Waals surface area contributed by atoms with Crippen LogP contribution in [0, 0.1) is 5.92 Å². The number of carboxylic acid groups (broad SMARTS) is 1. The number of alkyl halides is 3. The third-order valence-electron chi connectivity index (χ3n) is 5.02. The van der Waals surface area contributed by atoms with Crippen LogP contribution in [-0.2, 0) is 10.2 Å². The van der Waals surface area contributed by atoms with Crippen molar-refractivity contribution in [1.29, 1.82) is 0 Å². The Morgan fingerprint density at radius 1 is 1.20 bits per heavy atom. The van der Waals surface area contributed by atoms with E-state index in [-0.39, 0.29) is 37.1 Å². The summed E-state index contributed by atoms with van der Waals surface area (Å²) in [5, 5.41) is 11.1. The Kier molecular flexibility index (Phi) is 5.75. The zero-order chi connectivity index (χ0) is 18.7. The van der Waals surface area contributed by atoms with Gasteiger partial charge in [-0.3, -0.25) is 9.59 Å². The summed E-state index contributed by atoms with van der Waals surface area (Å²) >= 11 is 0. The largest absolute Gasteiger partial charge is 0.481 e. The molecular formula is C18H22F3NO3. The molecular weight excluding hydrogens is 335 g/mol. The summed E-state index contributed by atoms with van der Waals surface area (Å²) in [4.78, 5) is 22.4. The van der Waals surface area contributed by atoms with Gasteiger partial charge < -0.3 is 10.4 Å². The van der Waals surface area contributed by atoms with Crippen molar-refractivity contribution < 1.29 is 27.9 Å². The molecule has 0 aliphatic heterocycles. The molecule has 1 saturated carbocycles. The highest BCUT2D eigenvalue weighted by Gasteiger charge is 2.44. The lowest BCUT2D eigenvalue weighted by molar-refractivity contribution is -0.184. The number of benzene rings is 1. The Labute approximate surface area is 144 Å². The van der Waals surface area contributed by atoms with E-state index in [1.807, 2.05) is 6.92 Å². The Morgan fingerprint density at radius 2 is 1.76 bits per heavy atom. The van der Waals surface area contributed by atoms with Crippen molar-refractivity contribution in [2.75, 3.05) is 6.54 Å². The first-order valence-corrected chi connectivity index (χ1v) is 8.29. The van der Waals surface area contributed by atoms with Gasteiger partial charge in [-0.2, -0.15) is 13.2 Å². The lowest BCUT2D eigenvalue weighted by Gasteiger charge is -2.38. The van der Waals surface area contributed by atoms with Crippen LogP contribution in [0.1, 0.15) is 54.9 Å². The molecule has 1 aliphatic rings. The van der Waals surface area contributed by atoms with Gasteiger partial charge in [0, 0.05) is 12.1 Å². The van der Waals surface area contributed by atoms with Crippen LogP contribution in [0.4, 0.5) is 13.2 Å². The van der Waals surface area contributed by atoms with Crippen LogP contribution in [0.5, 0.6) is 0 Å². The van der Waals surface area contributed by atoms with E-state index < -0.39 is 18.1 Å². The van der Waals surface area contributed by atoms with Gasteiger partial charge in [0.15, 0.2) is 0 Å². The molecule has 2 rings (SSSR count). The van der Waals surface area contributed by atoms with Crippen molar-refractivity contribution in [3.8, 4) is 0 Å². The third-order valence-corrected chi connectivity index (χ3v) is 5.02. The standard InChI is InChI=1S/C18H22F3NO3/c1-17(9-6-14(7-10-17)18(19,20)21)13-4-2-12(3-5-13)16(25)22-11-8-15(23)24/h2-5,14H,6-11H2,1H3,(H,22,25)(H,23,24). The molecule has 1 aliphatic carbocycles. The SMILES string of the molecule is CC1(c2ccc(C(=O)NCCC(=O)O)cc2)CCC(C(F)(F)F)CC1. The van der Waals surface area contributed by atoms with E-state index in [9.17, 15) is 22.8 Å². The molecule has 25 heavy (non-hydrogen) atoms. The summed E-state index contributed by atoms with van der Waals surface area (Å²) in [6, 6.07) is 6.82. The molecule has 0 aromatic heterocycles. The molecule has 0 spiro atoms. The van der Waals surface area contributed by atoms with Crippen molar-refractivity contribution in [1.82, 2.24) is 5.32 Å². The average molecular weight is 357 g/mol. The van der Waals surface area contributed by atoms with Crippen LogP contribution in [0.15, 0.2) is 24.3 Å². The van der Waals surface area contributed by atoms with Crippen molar-refractivity contribution in [2.45, 2.75) is 50.6 Å². The number of hydrogen-bond acceptors (Lipinski definition) is 2. The zero-order valence-electron chi connectivity index (χ0n) is 14.0. The predicted octanol–water partition coefficient (Wildman–Crippen LogP) is 3.90. The minimum absolute atomic E-state index is 0.0481. The van der Waals surface area contributed by atoms with Gasteiger partial charge in [-0.25, -0.2) is 0 Å². The topological polar surface area (TPSA) is 66.4 Å². The number of carbonyl (C=O) groups is 2. The Morgan fingerprint density at radius 3 is 2.24 bits per heavy atom. The Bertz CT molecular complexity index is 617. The number of nitrogens with one attached hydrogen (secondary N) is 1. The van der Waals surface area contributed by atoms with Crippen LogP contribution in [0.25, 0.3) is 0 Å². The second-order valence-electron chi connectivity index (χ2n) is 6.85. The molecule has 1 fully saturated rings.